The summed E-state index contributed by atoms with van der Waals surface area (Å²) in [6.07, 6.45) is 0. The summed E-state index contributed by atoms with van der Waals surface area (Å²) >= 11 is 50.0. The van der Waals surface area contributed by atoms with E-state index in [0.29, 0.717) is 0 Å². The van der Waals surface area contributed by atoms with E-state index in [1.165, 1.54) is 0 Å². The van der Waals surface area contributed by atoms with Gasteiger partial charge in [-0.25, -0.2) is 0 Å². The molecule has 2 N–H and O–H groups in total. The Kier molecular flexibility index (Phi) is 6.68. The van der Waals surface area contributed by atoms with Gasteiger partial charge in [-0.05, 0) is 0 Å². The van der Waals surface area contributed by atoms with Crippen LogP contribution in [0.15, 0.2) is 11.1 Å². The van der Waals surface area contributed by atoms with Crippen LogP contribution in [0.25, 0.3) is 11.4 Å². The highest BCUT2D eigenvalue weighted by molar-refractivity contribution is 6.52. The second kappa shape index (κ2) is 8.99. The van der Waals surface area contributed by atoms with E-state index < -0.39 is 11.8 Å². The Labute approximate surface area is 231 Å². The van der Waals surface area contributed by atoms with Crippen LogP contribution >= 0.6 is 92.8 Å². The first kappa shape index (κ1) is 25.3. The standard InChI is InChI=1S/C20H2Cl8N4O2/c21-9-3(1-29)10(22)14(26)7(13(9)25)17-5-6(20(34)31-17)18(32-19(5)33)8-15(27)11(23)4(2-30)12(24)16(8)28/h(H,31,34)(H,32,33). The van der Waals surface area contributed by atoms with Gasteiger partial charge < -0.3 is 10.6 Å². The van der Waals surface area contributed by atoms with Gasteiger partial charge in [-0.3, -0.25) is 9.59 Å². The molecule has 0 fully saturated rings. The topological polar surface area (TPSA) is 106 Å². The van der Waals surface area contributed by atoms with E-state index in [-0.39, 0.29) is 85.0 Å². The van der Waals surface area contributed by atoms with Gasteiger partial charge in [0.05, 0.1) is 73.8 Å². The molecule has 2 aromatic carbocycles. The maximum absolute atomic E-state index is 13.0. The lowest BCUT2D eigenvalue weighted by Gasteiger charge is -2.15. The number of halogens is 8. The second-order valence-corrected chi connectivity index (χ2v) is 9.67. The van der Waals surface area contributed by atoms with Crippen molar-refractivity contribution in [2.75, 3.05) is 0 Å². The third-order valence-corrected chi connectivity index (χ3v) is 8.34. The van der Waals surface area contributed by atoms with Gasteiger partial charge in [0.2, 0.25) is 0 Å². The van der Waals surface area contributed by atoms with Crippen LogP contribution in [0.5, 0.6) is 0 Å². The molecule has 2 aliphatic rings. The van der Waals surface area contributed by atoms with E-state index in [1.807, 2.05) is 0 Å². The largest absolute Gasteiger partial charge is 0.320 e. The van der Waals surface area contributed by atoms with Crippen LogP contribution in [0.3, 0.4) is 0 Å². The molecule has 2 heterocycles. The first-order valence-electron chi connectivity index (χ1n) is 8.62. The van der Waals surface area contributed by atoms with Crippen LogP contribution in [-0.4, -0.2) is 11.8 Å². The van der Waals surface area contributed by atoms with E-state index >= 15 is 0 Å². The van der Waals surface area contributed by atoms with Gasteiger partial charge >= 0.3 is 0 Å². The number of benzene rings is 2. The Hall–Kier alpha value is -1.84. The Balaban J connectivity index is 2.07. The molecule has 0 bridgehead atoms. The van der Waals surface area contributed by atoms with Crippen LogP contribution in [-0.2, 0) is 9.59 Å². The summed E-state index contributed by atoms with van der Waals surface area (Å²) in [6.45, 7) is 0. The minimum Gasteiger partial charge on any atom is -0.320 e. The molecular formula is C20H2Cl8N4O2. The van der Waals surface area contributed by atoms with Crippen molar-refractivity contribution >= 4 is 116 Å². The van der Waals surface area contributed by atoms with Crippen molar-refractivity contribution in [1.29, 1.82) is 10.5 Å². The molecule has 34 heavy (non-hydrogen) atoms. The monoisotopic (exact) mass is 610 g/mol. The van der Waals surface area contributed by atoms with Crippen molar-refractivity contribution in [3.8, 4) is 12.1 Å². The smallest absolute Gasteiger partial charge is 0.258 e. The number of nitrogens with one attached hydrogen (secondary N) is 2. The molecule has 0 saturated carbocycles. The normalized spacial score (nSPS) is 14.8. The Morgan fingerprint density at radius 1 is 0.500 bits per heavy atom. The van der Waals surface area contributed by atoms with Crippen LogP contribution in [0.1, 0.15) is 22.3 Å². The number of nitrogens with zero attached hydrogens (tertiary/aromatic N) is 2. The summed E-state index contributed by atoms with van der Waals surface area (Å²) in [4.78, 5) is 26.0. The molecule has 0 unspecified atom stereocenters. The van der Waals surface area contributed by atoms with E-state index in [1.54, 1.807) is 12.1 Å². The van der Waals surface area contributed by atoms with Crippen LogP contribution in [0, 0.1) is 22.7 Å². The first-order chi connectivity index (χ1) is 16.0. The van der Waals surface area contributed by atoms with Crippen molar-refractivity contribution in [2.24, 2.45) is 0 Å². The van der Waals surface area contributed by atoms with E-state index in [9.17, 15) is 20.1 Å². The summed E-state index contributed by atoms with van der Waals surface area (Å²) < 4.78 is 0. The molecule has 2 amide bonds. The molecule has 0 aromatic heterocycles. The fourth-order valence-electron chi connectivity index (χ4n) is 3.45. The third-order valence-electron chi connectivity index (χ3n) is 4.93. The SMILES string of the molecule is N#Cc1c(Cl)c(Cl)c(C2=C3C(=O)NC(c4c(Cl)c(Cl)c(C#N)c(Cl)c4Cl)=C3C(=O)N2)c(Cl)c1Cl. The highest BCUT2D eigenvalue weighted by Gasteiger charge is 2.44. The van der Waals surface area contributed by atoms with Crippen molar-refractivity contribution < 1.29 is 9.59 Å². The van der Waals surface area contributed by atoms with E-state index in [2.05, 4.69) is 10.6 Å². The maximum Gasteiger partial charge on any atom is 0.258 e. The van der Waals surface area contributed by atoms with Gasteiger partial charge in [-0.15, -0.1) is 0 Å². The van der Waals surface area contributed by atoms with E-state index in [0.717, 1.165) is 0 Å². The Bertz CT molecular complexity index is 1370. The summed E-state index contributed by atoms with van der Waals surface area (Å²) in [5.74, 6) is -1.49. The van der Waals surface area contributed by atoms with Crippen LogP contribution < -0.4 is 10.6 Å². The first-order valence-corrected chi connectivity index (χ1v) is 11.6. The number of hydrogen-bond donors (Lipinski definition) is 2. The molecule has 0 atom stereocenters. The number of amides is 2. The van der Waals surface area contributed by atoms with Crippen molar-refractivity contribution in [3.05, 3.63) is 73.6 Å². The molecule has 14 heteroatoms. The fourth-order valence-corrected chi connectivity index (χ4v) is 5.71. The molecule has 2 aliphatic heterocycles. The average molecular weight is 614 g/mol. The second-order valence-electron chi connectivity index (χ2n) is 6.64. The highest BCUT2D eigenvalue weighted by Crippen LogP contribution is 2.50. The lowest BCUT2D eigenvalue weighted by molar-refractivity contribution is -0.117. The molecule has 2 aromatic rings. The number of nitriles is 2. The predicted molar refractivity (Wildman–Crippen MR) is 133 cm³/mol. The summed E-state index contributed by atoms with van der Waals surface area (Å²) in [7, 11) is 0. The quantitative estimate of drug-likeness (QED) is 0.355. The van der Waals surface area contributed by atoms with E-state index in [4.69, 9.17) is 92.8 Å². The number of hydrogen-bond acceptors (Lipinski definition) is 4. The molecule has 6 nitrogen and oxygen atoms in total. The Morgan fingerprint density at radius 3 is 1.00 bits per heavy atom. The van der Waals surface area contributed by atoms with Crippen molar-refractivity contribution in [1.82, 2.24) is 10.6 Å². The van der Waals surface area contributed by atoms with Crippen LogP contribution in [0.4, 0.5) is 0 Å². The lowest BCUT2D eigenvalue weighted by atomic mass is 10.0. The van der Waals surface area contributed by atoms with Gasteiger partial charge in [0.25, 0.3) is 11.8 Å². The molecule has 0 saturated heterocycles. The zero-order chi connectivity index (χ0) is 25.2. The summed E-state index contributed by atoms with van der Waals surface area (Å²) in [6, 6.07) is 3.57. The maximum atomic E-state index is 13.0. The molecule has 0 aliphatic carbocycles. The number of carbonyl (C=O) groups excluding carboxylic acids is 2. The van der Waals surface area contributed by atoms with Gasteiger partial charge in [-0.2, -0.15) is 10.5 Å². The minimum atomic E-state index is -0.745. The van der Waals surface area contributed by atoms with Crippen molar-refractivity contribution in [3.63, 3.8) is 0 Å². The van der Waals surface area contributed by atoms with Gasteiger partial charge in [0, 0.05) is 11.1 Å². The zero-order valence-electron chi connectivity index (χ0n) is 15.7. The number of carbonyl (C=O) groups is 2. The zero-order valence-corrected chi connectivity index (χ0v) is 21.8. The average Bonchev–Trinajstić information content (AvgIpc) is 3.31. The van der Waals surface area contributed by atoms with Crippen LogP contribution in [0.2, 0.25) is 40.2 Å². The van der Waals surface area contributed by atoms with Crippen molar-refractivity contribution in [2.45, 2.75) is 0 Å². The molecule has 170 valence electrons. The molecular weight excluding hydrogens is 612 g/mol. The van der Waals surface area contributed by atoms with Gasteiger partial charge in [-0.1, -0.05) is 92.8 Å². The van der Waals surface area contributed by atoms with Gasteiger partial charge in [0.1, 0.15) is 12.1 Å². The third kappa shape index (κ3) is 3.45. The number of fused-ring (bicyclic) bond motifs is 1. The fraction of sp³-hybridized carbons (Fsp3) is 0. The number of rotatable bonds is 2. The summed E-state index contributed by atoms with van der Waals surface area (Å²) in [5, 5.41) is 21.9. The van der Waals surface area contributed by atoms with Gasteiger partial charge in [0.15, 0.2) is 0 Å². The highest BCUT2D eigenvalue weighted by atomic mass is 35.5. The molecule has 4 rings (SSSR count). The molecule has 0 radical (unpaired) electrons. The lowest BCUT2D eigenvalue weighted by Crippen LogP contribution is -2.22. The predicted octanol–water partition coefficient (Wildman–Crippen LogP) is 7.04. The molecule has 0 spiro atoms. The Morgan fingerprint density at radius 2 is 0.765 bits per heavy atom. The summed E-state index contributed by atoms with van der Waals surface area (Å²) in [5.41, 5.74) is -1.02. The minimum absolute atomic E-state index is 0.0693.